The lowest BCUT2D eigenvalue weighted by molar-refractivity contribution is -0.120. The third kappa shape index (κ3) is 3.40. The first-order chi connectivity index (χ1) is 11.5. The molecule has 0 bridgehead atoms. The summed E-state index contributed by atoms with van der Waals surface area (Å²) in [5.74, 6) is -0.0508. The highest BCUT2D eigenvalue weighted by Crippen LogP contribution is 2.21. The number of aryl methyl sites for hydroxylation is 1. The molecule has 0 spiro atoms. The highest BCUT2D eigenvalue weighted by atomic mass is 16.2. The lowest BCUT2D eigenvalue weighted by Gasteiger charge is -2.16. The Morgan fingerprint density at radius 3 is 2.54 bits per heavy atom. The smallest absolute Gasteiger partial charge is 0.267 e. The molecule has 1 saturated heterocycles. The van der Waals surface area contributed by atoms with Crippen molar-refractivity contribution >= 4 is 17.5 Å². The summed E-state index contributed by atoms with van der Waals surface area (Å²) in [7, 11) is 0. The Bertz CT molecular complexity index is 804. The molecule has 1 aromatic heterocycles. The predicted octanol–water partition coefficient (Wildman–Crippen LogP) is 0.997. The van der Waals surface area contributed by atoms with E-state index in [0.29, 0.717) is 24.2 Å². The first kappa shape index (κ1) is 16.0. The molecule has 2 aromatic rings. The maximum atomic E-state index is 12.0. The highest BCUT2D eigenvalue weighted by molar-refractivity contribution is 5.95. The minimum absolute atomic E-state index is 0.0467. The quantitative estimate of drug-likeness (QED) is 0.763. The molecule has 1 aliphatic heterocycles. The van der Waals surface area contributed by atoms with Crippen LogP contribution in [0.1, 0.15) is 29.7 Å². The molecule has 7 nitrogen and oxygen atoms in total. The van der Waals surface area contributed by atoms with E-state index in [1.165, 1.54) is 0 Å². The number of carbonyl (C=O) groups excluding carboxylic acids is 2. The number of benzene rings is 1. The Kier molecular flexibility index (Phi) is 4.50. The van der Waals surface area contributed by atoms with Crippen LogP contribution in [-0.2, 0) is 22.6 Å². The zero-order valence-electron chi connectivity index (χ0n) is 13.5. The van der Waals surface area contributed by atoms with Gasteiger partial charge in [-0.25, -0.2) is 0 Å². The number of aromatic nitrogens is 2. The van der Waals surface area contributed by atoms with Gasteiger partial charge in [0, 0.05) is 36.5 Å². The molecule has 2 amide bonds. The van der Waals surface area contributed by atoms with Gasteiger partial charge in [-0.1, -0.05) is 12.1 Å². The maximum Gasteiger partial charge on any atom is 0.267 e. The second kappa shape index (κ2) is 6.74. The second-order valence-electron chi connectivity index (χ2n) is 5.95. The van der Waals surface area contributed by atoms with Crippen molar-refractivity contribution < 1.29 is 9.59 Å². The van der Waals surface area contributed by atoms with E-state index in [4.69, 9.17) is 0 Å². The van der Waals surface area contributed by atoms with Crippen LogP contribution in [0.5, 0.6) is 0 Å². The molecule has 1 fully saturated rings. The van der Waals surface area contributed by atoms with Crippen molar-refractivity contribution in [1.82, 2.24) is 15.5 Å². The van der Waals surface area contributed by atoms with Crippen molar-refractivity contribution in [3.63, 3.8) is 0 Å². The molecular weight excluding hydrogens is 308 g/mol. The van der Waals surface area contributed by atoms with Crippen LogP contribution in [0.2, 0.25) is 0 Å². The zero-order valence-corrected chi connectivity index (χ0v) is 13.5. The van der Waals surface area contributed by atoms with Crippen LogP contribution in [0, 0.1) is 6.92 Å². The summed E-state index contributed by atoms with van der Waals surface area (Å²) in [4.78, 5) is 37.0. The van der Waals surface area contributed by atoms with Gasteiger partial charge in [0.15, 0.2) is 0 Å². The zero-order chi connectivity index (χ0) is 17.1. The van der Waals surface area contributed by atoms with Gasteiger partial charge in [0.1, 0.15) is 0 Å². The van der Waals surface area contributed by atoms with Gasteiger partial charge in [0.2, 0.25) is 11.8 Å². The van der Waals surface area contributed by atoms with Crippen LogP contribution in [-0.4, -0.2) is 28.6 Å². The van der Waals surface area contributed by atoms with E-state index in [0.717, 1.165) is 24.2 Å². The highest BCUT2D eigenvalue weighted by Gasteiger charge is 2.21. The molecule has 0 atom stereocenters. The molecule has 1 aliphatic rings. The Labute approximate surface area is 139 Å². The van der Waals surface area contributed by atoms with E-state index < -0.39 is 0 Å². The molecule has 0 radical (unpaired) electrons. The monoisotopic (exact) mass is 328 g/mol. The summed E-state index contributed by atoms with van der Waals surface area (Å²) in [5, 5.41) is 7.97. The normalized spacial score (nSPS) is 14.2. The number of carbonyl (C=O) groups is 2. The molecule has 1 aromatic carbocycles. The fourth-order valence-corrected chi connectivity index (χ4v) is 2.82. The molecule has 2 heterocycles. The van der Waals surface area contributed by atoms with Gasteiger partial charge >= 0.3 is 0 Å². The van der Waals surface area contributed by atoms with Crippen LogP contribution in [0.25, 0.3) is 0 Å². The molecule has 24 heavy (non-hydrogen) atoms. The van der Waals surface area contributed by atoms with Crippen molar-refractivity contribution in [2.75, 3.05) is 11.4 Å². The third-order valence-corrected chi connectivity index (χ3v) is 4.24. The van der Waals surface area contributed by atoms with Gasteiger partial charge in [0.05, 0.1) is 6.42 Å². The second-order valence-corrected chi connectivity index (χ2v) is 5.95. The number of rotatable bonds is 5. The molecular formula is C17H20N4O3. The molecule has 0 aliphatic carbocycles. The summed E-state index contributed by atoms with van der Waals surface area (Å²) in [5.41, 5.74) is 2.70. The van der Waals surface area contributed by atoms with Crippen molar-refractivity contribution in [1.29, 1.82) is 0 Å². The average Bonchev–Trinajstić information content (AvgIpc) is 3.14. The van der Waals surface area contributed by atoms with Gasteiger partial charge in [0.25, 0.3) is 5.56 Å². The Morgan fingerprint density at radius 1 is 1.21 bits per heavy atom. The van der Waals surface area contributed by atoms with Crippen molar-refractivity contribution in [2.45, 2.75) is 32.7 Å². The van der Waals surface area contributed by atoms with Gasteiger partial charge in [-0.3, -0.25) is 19.5 Å². The Hall–Kier alpha value is -2.83. The van der Waals surface area contributed by atoms with Crippen LogP contribution in [0.15, 0.2) is 29.1 Å². The van der Waals surface area contributed by atoms with E-state index in [2.05, 4.69) is 15.5 Å². The number of amides is 2. The summed E-state index contributed by atoms with van der Waals surface area (Å²) in [6.07, 6.45) is 1.55. The Morgan fingerprint density at radius 2 is 1.96 bits per heavy atom. The topological polar surface area (TPSA) is 98.1 Å². The molecule has 0 saturated carbocycles. The summed E-state index contributed by atoms with van der Waals surface area (Å²) < 4.78 is 0. The number of aromatic amines is 2. The van der Waals surface area contributed by atoms with Crippen LogP contribution in [0.4, 0.5) is 5.69 Å². The number of nitrogens with one attached hydrogen (secondary N) is 3. The first-order valence-corrected chi connectivity index (χ1v) is 7.96. The van der Waals surface area contributed by atoms with Gasteiger partial charge in [-0.2, -0.15) is 0 Å². The lowest BCUT2D eigenvalue weighted by atomic mass is 10.1. The van der Waals surface area contributed by atoms with Crippen molar-refractivity contribution in [3.05, 3.63) is 51.4 Å². The summed E-state index contributed by atoms with van der Waals surface area (Å²) in [6.45, 7) is 2.90. The number of H-pyrrole nitrogens is 2. The summed E-state index contributed by atoms with van der Waals surface area (Å²) >= 11 is 0. The van der Waals surface area contributed by atoms with Gasteiger partial charge in [-0.05, 0) is 31.0 Å². The van der Waals surface area contributed by atoms with E-state index >= 15 is 0 Å². The van der Waals surface area contributed by atoms with Crippen LogP contribution >= 0.6 is 0 Å². The van der Waals surface area contributed by atoms with Gasteiger partial charge in [-0.15, -0.1) is 0 Å². The third-order valence-electron chi connectivity index (χ3n) is 4.24. The number of anilines is 1. The summed E-state index contributed by atoms with van der Waals surface area (Å²) in [6, 6.07) is 7.59. The van der Waals surface area contributed by atoms with Crippen molar-refractivity contribution in [2.24, 2.45) is 0 Å². The van der Waals surface area contributed by atoms with E-state index in [1.807, 2.05) is 24.3 Å². The minimum Gasteiger partial charge on any atom is -0.352 e. The SMILES string of the molecule is Cc1[nH][nH]c(=O)c1CC(=O)NCc1ccc(N2CCCC2=O)cc1. The van der Waals surface area contributed by atoms with E-state index in [1.54, 1.807) is 11.8 Å². The lowest BCUT2D eigenvalue weighted by Crippen LogP contribution is -2.27. The number of hydrogen-bond donors (Lipinski definition) is 3. The Balaban J connectivity index is 1.56. The van der Waals surface area contributed by atoms with Crippen LogP contribution in [0.3, 0.4) is 0 Å². The molecule has 3 rings (SSSR count). The standard InChI is InChI=1S/C17H20N4O3/c1-11-14(17(24)20-19-11)9-15(22)18-10-12-4-6-13(7-5-12)21-8-2-3-16(21)23/h4-7H,2-3,8-10H2,1H3,(H,18,22)(H2,19,20,24). The molecule has 3 N–H and O–H groups in total. The van der Waals surface area contributed by atoms with Crippen molar-refractivity contribution in [3.8, 4) is 0 Å². The van der Waals surface area contributed by atoms with Gasteiger partial charge < -0.3 is 15.3 Å². The minimum atomic E-state index is -0.262. The number of hydrogen-bond acceptors (Lipinski definition) is 3. The van der Waals surface area contributed by atoms with Crippen LogP contribution < -0.4 is 15.8 Å². The fraction of sp³-hybridized carbons (Fsp3) is 0.353. The average molecular weight is 328 g/mol. The predicted molar refractivity (Wildman–Crippen MR) is 89.7 cm³/mol. The number of nitrogens with zero attached hydrogens (tertiary/aromatic N) is 1. The largest absolute Gasteiger partial charge is 0.352 e. The molecule has 0 unspecified atom stereocenters. The first-order valence-electron chi connectivity index (χ1n) is 7.96. The molecule has 7 heteroatoms. The maximum absolute atomic E-state index is 12.0. The van der Waals surface area contributed by atoms with E-state index in [9.17, 15) is 14.4 Å². The molecule has 126 valence electrons. The van der Waals surface area contributed by atoms with E-state index in [-0.39, 0.29) is 23.8 Å². The fourth-order valence-electron chi connectivity index (χ4n) is 2.82.